The Morgan fingerprint density at radius 3 is 1.96 bits per heavy atom. The van der Waals surface area contributed by atoms with Gasteiger partial charge in [-0.25, -0.2) is 0 Å². The molecule has 0 fully saturated rings. The molecule has 24 heavy (non-hydrogen) atoms. The van der Waals surface area contributed by atoms with Crippen LogP contribution in [-0.4, -0.2) is 34.7 Å². The summed E-state index contributed by atoms with van der Waals surface area (Å²) in [5, 5.41) is 2.98. The summed E-state index contributed by atoms with van der Waals surface area (Å²) in [5.41, 5.74) is 0.762. The number of nitrogens with zero attached hydrogens (tertiary/aromatic N) is 1. The Morgan fingerprint density at radius 2 is 1.54 bits per heavy atom. The number of rotatable bonds is 7. The highest BCUT2D eigenvalue weighted by Crippen LogP contribution is 2.27. The summed E-state index contributed by atoms with van der Waals surface area (Å²) in [4.78, 5) is 39.3. The first kappa shape index (κ1) is 18.2. The molecule has 130 valence electrons. The number of hydrogen-bond donors (Lipinski definition) is 1. The third-order valence-corrected chi connectivity index (χ3v) is 4.47. The van der Waals surface area contributed by atoms with E-state index in [1.807, 2.05) is 27.7 Å². The molecule has 3 amide bonds. The Hall–Kier alpha value is -2.17. The number of carbonyl (C=O) groups excluding carboxylic acids is 3. The van der Waals surface area contributed by atoms with Crippen LogP contribution in [-0.2, 0) is 4.79 Å². The Kier molecular flexibility index (Phi) is 5.75. The van der Waals surface area contributed by atoms with Gasteiger partial charge in [-0.15, -0.1) is 0 Å². The maximum absolute atomic E-state index is 12.8. The number of imide groups is 1. The highest BCUT2D eigenvalue weighted by molar-refractivity contribution is 6.22. The lowest BCUT2D eigenvalue weighted by atomic mass is 10.0. The van der Waals surface area contributed by atoms with E-state index in [9.17, 15) is 14.4 Å². The summed E-state index contributed by atoms with van der Waals surface area (Å²) < 4.78 is 0. The van der Waals surface area contributed by atoms with Crippen LogP contribution in [0.25, 0.3) is 0 Å². The maximum atomic E-state index is 12.8. The molecule has 1 atom stereocenters. The van der Waals surface area contributed by atoms with Crippen LogP contribution < -0.4 is 5.32 Å². The predicted molar refractivity (Wildman–Crippen MR) is 92.7 cm³/mol. The number of hydrogen-bond acceptors (Lipinski definition) is 3. The molecule has 0 saturated carbocycles. The zero-order valence-electron chi connectivity index (χ0n) is 14.8. The van der Waals surface area contributed by atoms with Crippen LogP contribution >= 0.6 is 0 Å². The van der Waals surface area contributed by atoms with Crippen molar-refractivity contribution >= 4 is 17.7 Å². The van der Waals surface area contributed by atoms with Gasteiger partial charge >= 0.3 is 0 Å². The van der Waals surface area contributed by atoms with Crippen molar-refractivity contribution in [3.63, 3.8) is 0 Å². The van der Waals surface area contributed by atoms with Gasteiger partial charge in [0.05, 0.1) is 11.1 Å². The van der Waals surface area contributed by atoms with Gasteiger partial charge in [-0.3, -0.25) is 19.3 Å². The van der Waals surface area contributed by atoms with Crippen molar-refractivity contribution in [1.29, 1.82) is 0 Å². The third kappa shape index (κ3) is 3.50. The minimum Gasteiger partial charge on any atom is -0.352 e. The van der Waals surface area contributed by atoms with Crippen LogP contribution in [0, 0.1) is 5.92 Å². The van der Waals surface area contributed by atoms with Crippen LogP contribution in [0.5, 0.6) is 0 Å². The van der Waals surface area contributed by atoms with Crippen molar-refractivity contribution < 1.29 is 14.4 Å². The molecule has 0 unspecified atom stereocenters. The molecule has 0 aromatic heterocycles. The number of carbonyl (C=O) groups is 3. The quantitative estimate of drug-likeness (QED) is 0.782. The minimum absolute atomic E-state index is 0.0577. The smallest absolute Gasteiger partial charge is 0.262 e. The molecule has 0 bridgehead atoms. The van der Waals surface area contributed by atoms with Gasteiger partial charge in [0, 0.05) is 6.04 Å². The number of nitrogens with one attached hydrogen (secondary N) is 1. The Balaban J connectivity index is 2.30. The highest BCUT2D eigenvalue weighted by atomic mass is 16.2. The van der Waals surface area contributed by atoms with Crippen molar-refractivity contribution in [2.24, 2.45) is 5.92 Å². The molecule has 1 aliphatic rings. The van der Waals surface area contributed by atoms with Crippen LogP contribution in [0.1, 0.15) is 67.7 Å². The lowest BCUT2D eigenvalue weighted by molar-refractivity contribution is -0.126. The molecule has 5 nitrogen and oxygen atoms in total. The first-order valence-electron chi connectivity index (χ1n) is 8.67. The molecule has 0 radical (unpaired) electrons. The summed E-state index contributed by atoms with van der Waals surface area (Å²) >= 11 is 0. The molecular weight excluding hydrogens is 304 g/mol. The van der Waals surface area contributed by atoms with Crippen LogP contribution in [0.15, 0.2) is 24.3 Å². The highest BCUT2D eigenvalue weighted by Gasteiger charge is 2.42. The van der Waals surface area contributed by atoms with Gasteiger partial charge in [-0.05, 0) is 37.3 Å². The molecule has 5 heteroatoms. The fraction of sp³-hybridized carbons (Fsp3) is 0.526. The van der Waals surface area contributed by atoms with Crippen LogP contribution in [0.4, 0.5) is 0 Å². The first-order valence-corrected chi connectivity index (χ1v) is 8.67. The average molecular weight is 330 g/mol. The Morgan fingerprint density at radius 1 is 1.04 bits per heavy atom. The molecule has 0 aliphatic carbocycles. The van der Waals surface area contributed by atoms with Gasteiger partial charge < -0.3 is 5.32 Å². The summed E-state index contributed by atoms with van der Waals surface area (Å²) in [6, 6.07) is 6.03. The molecule has 1 N–H and O–H groups in total. The van der Waals surface area contributed by atoms with E-state index in [0.29, 0.717) is 17.5 Å². The van der Waals surface area contributed by atoms with E-state index in [2.05, 4.69) is 5.32 Å². The van der Waals surface area contributed by atoms with Crippen molar-refractivity contribution in [2.45, 2.75) is 59.0 Å². The second-order valence-corrected chi connectivity index (χ2v) is 6.69. The fourth-order valence-corrected chi connectivity index (χ4v) is 3.06. The van der Waals surface area contributed by atoms with E-state index in [4.69, 9.17) is 0 Å². The number of benzene rings is 1. The van der Waals surface area contributed by atoms with Gasteiger partial charge in [0.2, 0.25) is 5.91 Å². The summed E-state index contributed by atoms with van der Waals surface area (Å²) in [6.07, 6.45) is 2.09. The Bertz CT molecular complexity index is 600. The van der Waals surface area contributed by atoms with Crippen molar-refractivity contribution in [3.05, 3.63) is 35.4 Å². The van der Waals surface area contributed by atoms with Crippen LogP contribution in [0.2, 0.25) is 0 Å². The lowest BCUT2D eigenvalue weighted by Crippen LogP contribution is -2.52. The monoisotopic (exact) mass is 330 g/mol. The zero-order chi connectivity index (χ0) is 17.9. The molecule has 1 heterocycles. The van der Waals surface area contributed by atoms with Crippen molar-refractivity contribution in [2.75, 3.05) is 0 Å². The predicted octanol–water partition coefficient (Wildman–Crippen LogP) is 3.00. The lowest BCUT2D eigenvalue weighted by Gasteiger charge is -2.28. The second kappa shape index (κ2) is 7.60. The summed E-state index contributed by atoms with van der Waals surface area (Å²) in [6.45, 7) is 7.98. The zero-order valence-corrected chi connectivity index (χ0v) is 14.8. The van der Waals surface area contributed by atoms with E-state index in [1.54, 1.807) is 24.3 Å². The third-order valence-electron chi connectivity index (χ3n) is 4.47. The number of fused-ring (bicyclic) bond motifs is 1. The normalized spacial score (nSPS) is 15.2. The van der Waals surface area contributed by atoms with E-state index in [-0.39, 0.29) is 29.7 Å². The summed E-state index contributed by atoms with van der Waals surface area (Å²) in [7, 11) is 0. The maximum Gasteiger partial charge on any atom is 0.262 e. The Labute approximate surface area is 143 Å². The standard InChI is InChI=1S/C19H26N2O3/c1-5-13(6-2)20-17(22)16(11-12(3)4)21-18(23)14-9-7-8-10-15(14)19(21)24/h7-10,12-13,16H,5-6,11H2,1-4H3,(H,20,22)/t16-/m1/s1. The number of amides is 3. The fourth-order valence-electron chi connectivity index (χ4n) is 3.06. The minimum atomic E-state index is -0.766. The first-order chi connectivity index (χ1) is 11.4. The van der Waals surface area contributed by atoms with Gasteiger partial charge in [0.25, 0.3) is 11.8 Å². The molecule has 0 saturated heterocycles. The summed E-state index contributed by atoms with van der Waals surface area (Å²) in [5.74, 6) is -0.805. The van der Waals surface area contributed by atoms with Gasteiger partial charge in [0.1, 0.15) is 6.04 Å². The van der Waals surface area contributed by atoms with Crippen molar-refractivity contribution in [1.82, 2.24) is 10.2 Å². The van der Waals surface area contributed by atoms with Gasteiger partial charge in [-0.2, -0.15) is 0 Å². The topological polar surface area (TPSA) is 66.5 Å². The van der Waals surface area contributed by atoms with Crippen molar-refractivity contribution in [3.8, 4) is 0 Å². The molecular formula is C19H26N2O3. The van der Waals surface area contributed by atoms with Crippen LogP contribution in [0.3, 0.4) is 0 Å². The van der Waals surface area contributed by atoms with Gasteiger partial charge in [0.15, 0.2) is 0 Å². The molecule has 1 aliphatic heterocycles. The molecule has 0 spiro atoms. The van der Waals surface area contributed by atoms with E-state index >= 15 is 0 Å². The van der Waals surface area contributed by atoms with E-state index < -0.39 is 6.04 Å². The largest absolute Gasteiger partial charge is 0.352 e. The molecule has 2 rings (SSSR count). The second-order valence-electron chi connectivity index (χ2n) is 6.69. The average Bonchev–Trinajstić information content (AvgIpc) is 2.82. The van der Waals surface area contributed by atoms with E-state index in [1.165, 1.54) is 0 Å². The van der Waals surface area contributed by atoms with Gasteiger partial charge in [-0.1, -0.05) is 39.8 Å². The SMILES string of the molecule is CCC(CC)NC(=O)[C@@H](CC(C)C)N1C(=O)c2ccccc2C1=O. The molecule has 1 aromatic rings. The molecule has 1 aromatic carbocycles. The van der Waals surface area contributed by atoms with E-state index in [0.717, 1.165) is 17.7 Å².